The zero-order valence-electron chi connectivity index (χ0n) is 8.74. The van der Waals surface area contributed by atoms with Gasteiger partial charge in [0.05, 0.1) is 0 Å². The fraction of sp³-hybridized carbons (Fsp3) is 0.273. The number of hydrogen-bond donors (Lipinski definition) is 2. The molecule has 0 radical (unpaired) electrons. The minimum absolute atomic E-state index is 0.191. The second-order valence-corrected chi connectivity index (χ2v) is 3.30. The Morgan fingerprint density at radius 2 is 2.19 bits per heavy atom. The van der Waals surface area contributed by atoms with Crippen LogP contribution in [0.25, 0.3) is 0 Å². The molecule has 1 atom stereocenters. The second kappa shape index (κ2) is 5.25. The van der Waals surface area contributed by atoms with Crippen molar-refractivity contribution >= 4 is 17.6 Å². The number of halogens is 1. The summed E-state index contributed by atoms with van der Waals surface area (Å²) in [5.74, 6) is -3.42. The molecule has 0 heterocycles. The van der Waals surface area contributed by atoms with E-state index in [1.165, 1.54) is 18.2 Å². The lowest BCUT2D eigenvalue weighted by Gasteiger charge is -2.10. The van der Waals surface area contributed by atoms with Gasteiger partial charge in [-0.3, -0.25) is 9.59 Å². The molecule has 1 aromatic rings. The van der Waals surface area contributed by atoms with Crippen molar-refractivity contribution in [2.24, 2.45) is 5.92 Å². The standard InChI is InChI=1S/C11H12FNO3/c1-2-9(11(15)16)10(14)13-8-5-3-4-7(12)6-8/h3-6,9H,2H2,1H3,(H,13,14)(H,15,16). The Hall–Kier alpha value is -1.91. The summed E-state index contributed by atoms with van der Waals surface area (Å²) in [6.45, 7) is 1.60. The summed E-state index contributed by atoms with van der Waals surface area (Å²) in [4.78, 5) is 22.2. The number of anilines is 1. The van der Waals surface area contributed by atoms with Crippen LogP contribution in [-0.4, -0.2) is 17.0 Å². The van der Waals surface area contributed by atoms with Gasteiger partial charge in [0.25, 0.3) is 0 Å². The first-order chi connectivity index (χ1) is 7.54. The molecule has 0 aromatic heterocycles. The maximum Gasteiger partial charge on any atom is 0.316 e. The van der Waals surface area contributed by atoms with Gasteiger partial charge in [-0.05, 0) is 24.6 Å². The smallest absolute Gasteiger partial charge is 0.316 e. The fourth-order valence-corrected chi connectivity index (χ4v) is 1.27. The Morgan fingerprint density at radius 1 is 1.50 bits per heavy atom. The van der Waals surface area contributed by atoms with Gasteiger partial charge >= 0.3 is 5.97 Å². The molecule has 0 saturated carbocycles. The van der Waals surface area contributed by atoms with E-state index in [9.17, 15) is 14.0 Å². The first kappa shape index (κ1) is 12.2. The summed E-state index contributed by atoms with van der Waals surface area (Å²) in [7, 11) is 0. The molecule has 2 N–H and O–H groups in total. The summed E-state index contributed by atoms with van der Waals surface area (Å²) in [5.41, 5.74) is 0.254. The molecule has 1 rings (SSSR count). The van der Waals surface area contributed by atoms with Gasteiger partial charge in [0.2, 0.25) is 5.91 Å². The van der Waals surface area contributed by atoms with Gasteiger partial charge in [-0.2, -0.15) is 0 Å². The third-order valence-electron chi connectivity index (χ3n) is 2.11. The molecule has 1 amide bonds. The van der Waals surface area contributed by atoms with Crippen LogP contribution in [0.2, 0.25) is 0 Å². The molecule has 16 heavy (non-hydrogen) atoms. The molecule has 0 fully saturated rings. The van der Waals surface area contributed by atoms with Crippen molar-refractivity contribution in [2.75, 3.05) is 5.32 Å². The van der Waals surface area contributed by atoms with E-state index >= 15 is 0 Å². The number of carboxylic acids is 1. The number of carbonyl (C=O) groups is 2. The van der Waals surface area contributed by atoms with E-state index in [0.717, 1.165) is 6.07 Å². The normalized spacial score (nSPS) is 11.9. The molecular weight excluding hydrogens is 213 g/mol. The number of hydrogen-bond acceptors (Lipinski definition) is 2. The lowest BCUT2D eigenvalue weighted by molar-refractivity contribution is -0.145. The fourth-order valence-electron chi connectivity index (χ4n) is 1.27. The molecule has 4 nitrogen and oxygen atoms in total. The van der Waals surface area contributed by atoms with Crippen LogP contribution in [0.1, 0.15) is 13.3 Å². The number of nitrogens with one attached hydrogen (secondary N) is 1. The number of aliphatic carboxylic acids is 1. The molecular formula is C11H12FNO3. The largest absolute Gasteiger partial charge is 0.481 e. The van der Waals surface area contributed by atoms with Crippen molar-refractivity contribution in [2.45, 2.75) is 13.3 Å². The topological polar surface area (TPSA) is 66.4 Å². The first-order valence-corrected chi connectivity index (χ1v) is 4.83. The minimum Gasteiger partial charge on any atom is -0.481 e. The Bertz CT molecular complexity index is 406. The van der Waals surface area contributed by atoms with Gasteiger partial charge in [-0.1, -0.05) is 13.0 Å². The predicted octanol–water partition coefficient (Wildman–Crippen LogP) is 1.88. The van der Waals surface area contributed by atoms with Crippen molar-refractivity contribution in [1.82, 2.24) is 0 Å². The highest BCUT2D eigenvalue weighted by molar-refractivity contribution is 6.04. The van der Waals surface area contributed by atoms with Crippen molar-refractivity contribution < 1.29 is 19.1 Å². The van der Waals surface area contributed by atoms with Crippen LogP contribution in [0.4, 0.5) is 10.1 Å². The molecule has 0 aliphatic rings. The summed E-state index contributed by atoms with van der Waals surface area (Å²) in [6.07, 6.45) is 0.191. The number of amides is 1. The van der Waals surface area contributed by atoms with Gasteiger partial charge < -0.3 is 10.4 Å². The molecule has 0 spiro atoms. The molecule has 0 bridgehead atoms. The molecule has 5 heteroatoms. The second-order valence-electron chi connectivity index (χ2n) is 3.30. The minimum atomic E-state index is -1.18. The maximum atomic E-state index is 12.8. The predicted molar refractivity (Wildman–Crippen MR) is 56.4 cm³/mol. The van der Waals surface area contributed by atoms with Gasteiger partial charge in [0.15, 0.2) is 0 Å². The zero-order chi connectivity index (χ0) is 12.1. The number of carbonyl (C=O) groups excluding carboxylic acids is 1. The van der Waals surface area contributed by atoms with Crippen LogP contribution in [0, 0.1) is 11.7 Å². The average Bonchev–Trinajstić information content (AvgIpc) is 2.17. The van der Waals surface area contributed by atoms with Gasteiger partial charge in [-0.25, -0.2) is 4.39 Å². The van der Waals surface area contributed by atoms with E-state index in [4.69, 9.17) is 5.11 Å². The summed E-state index contributed by atoms with van der Waals surface area (Å²) < 4.78 is 12.8. The van der Waals surface area contributed by atoms with E-state index in [1.807, 2.05) is 0 Å². The zero-order valence-corrected chi connectivity index (χ0v) is 8.74. The van der Waals surface area contributed by atoms with E-state index in [0.29, 0.717) is 0 Å². The first-order valence-electron chi connectivity index (χ1n) is 4.83. The van der Waals surface area contributed by atoms with Crippen molar-refractivity contribution in [1.29, 1.82) is 0 Å². The van der Waals surface area contributed by atoms with Crippen LogP contribution in [0.3, 0.4) is 0 Å². The SMILES string of the molecule is CCC(C(=O)O)C(=O)Nc1cccc(F)c1. The highest BCUT2D eigenvalue weighted by Gasteiger charge is 2.23. The molecule has 1 aromatic carbocycles. The summed E-state index contributed by atoms with van der Waals surface area (Å²) >= 11 is 0. The number of benzene rings is 1. The lowest BCUT2D eigenvalue weighted by Crippen LogP contribution is -2.28. The Kier molecular flexibility index (Phi) is 3.99. The van der Waals surface area contributed by atoms with Gasteiger partial charge in [-0.15, -0.1) is 0 Å². The van der Waals surface area contributed by atoms with E-state index in [2.05, 4.69) is 5.32 Å². The third kappa shape index (κ3) is 3.05. The van der Waals surface area contributed by atoms with Crippen molar-refractivity contribution in [3.05, 3.63) is 30.1 Å². The highest BCUT2D eigenvalue weighted by atomic mass is 19.1. The van der Waals surface area contributed by atoms with Crippen LogP contribution in [0.15, 0.2) is 24.3 Å². The molecule has 0 aliphatic heterocycles. The Morgan fingerprint density at radius 3 is 2.69 bits per heavy atom. The van der Waals surface area contributed by atoms with Crippen LogP contribution < -0.4 is 5.32 Å². The Labute approximate surface area is 92.1 Å². The monoisotopic (exact) mass is 225 g/mol. The molecule has 1 unspecified atom stereocenters. The maximum absolute atomic E-state index is 12.8. The van der Waals surface area contributed by atoms with Gasteiger partial charge in [0, 0.05) is 5.69 Å². The number of rotatable bonds is 4. The summed E-state index contributed by atoms with van der Waals surface area (Å²) in [6, 6.07) is 5.30. The Balaban J connectivity index is 2.74. The van der Waals surface area contributed by atoms with Crippen molar-refractivity contribution in [3.8, 4) is 0 Å². The van der Waals surface area contributed by atoms with Gasteiger partial charge in [0.1, 0.15) is 11.7 Å². The number of carboxylic acid groups (broad SMARTS) is 1. The average molecular weight is 225 g/mol. The summed E-state index contributed by atoms with van der Waals surface area (Å²) in [5, 5.41) is 11.1. The van der Waals surface area contributed by atoms with E-state index < -0.39 is 23.6 Å². The molecule has 0 aliphatic carbocycles. The molecule has 0 saturated heterocycles. The van der Waals surface area contributed by atoms with Crippen LogP contribution in [0.5, 0.6) is 0 Å². The van der Waals surface area contributed by atoms with Crippen LogP contribution in [-0.2, 0) is 9.59 Å². The van der Waals surface area contributed by atoms with Crippen LogP contribution >= 0.6 is 0 Å². The van der Waals surface area contributed by atoms with E-state index in [-0.39, 0.29) is 12.1 Å². The highest BCUT2D eigenvalue weighted by Crippen LogP contribution is 2.12. The quantitative estimate of drug-likeness (QED) is 0.769. The molecule has 86 valence electrons. The third-order valence-corrected chi connectivity index (χ3v) is 2.11. The lowest BCUT2D eigenvalue weighted by atomic mass is 10.1. The van der Waals surface area contributed by atoms with E-state index in [1.54, 1.807) is 6.92 Å². The van der Waals surface area contributed by atoms with Crippen molar-refractivity contribution in [3.63, 3.8) is 0 Å².